The van der Waals surface area contributed by atoms with E-state index in [2.05, 4.69) is 10.1 Å². The lowest BCUT2D eigenvalue weighted by molar-refractivity contribution is -0.117. The van der Waals surface area contributed by atoms with Crippen molar-refractivity contribution >= 4 is 23.2 Å². The van der Waals surface area contributed by atoms with Crippen LogP contribution in [0.15, 0.2) is 47.0 Å². The normalized spacial score (nSPS) is 17.1. The minimum Gasteiger partial charge on any atom is -0.334 e. The van der Waals surface area contributed by atoms with Gasteiger partial charge < -0.3 is 9.42 Å². The Balaban J connectivity index is 1.58. The van der Waals surface area contributed by atoms with Crippen molar-refractivity contribution in [3.63, 3.8) is 0 Å². The van der Waals surface area contributed by atoms with Gasteiger partial charge >= 0.3 is 0 Å². The quantitative estimate of drug-likeness (QED) is 0.688. The predicted octanol–water partition coefficient (Wildman–Crippen LogP) is 4.19. The van der Waals surface area contributed by atoms with Crippen LogP contribution in [0.2, 0.25) is 5.02 Å². The molecule has 1 atom stereocenters. The fourth-order valence-corrected chi connectivity index (χ4v) is 3.15. The molecule has 0 aliphatic carbocycles. The number of hydrogen-bond acceptors (Lipinski definition) is 4. The second-order valence-electron chi connectivity index (χ2n) is 6.00. The van der Waals surface area contributed by atoms with Crippen LogP contribution in [0.4, 0.5) is 14.5 Å². The van der Waals surface area contributed by atoms with Crippen LogP contribution in [-0.4, -0.2) is 22.6 Å². The van der Waals surface area contributed by atoms with Gasteiger partial charge in [0.1, 0.15) is 11.6 Å². The average Bonchev–Trinajstić information content (AvgIpc) is 3.20. The number of nitrogens with zero attached hydrogens (tertiary/aromatic N) is 3. The van der Waals surface area contributed by atoms with Crippen LogP contribution in [0.5, 0.6) is 0 Å². The summed E-state index contributed by atoms with van der Waals surface area (Å²) in [5.74, 6) is -1.39. The number of hydrogen-bond donors (Lipinski definition) is 0. The highest BCUT2D eigenvalue weighted by Gasteiger charge is 2.35. The van der Waals surface area contributed by atoms with E-state index in [1.807, 2.05) is 0 Å². The first-order valence-corrected chi connectivity index (χ1v) is 8.23. The van der Waals surface area contributed by atoms with Crippen LogP contribution in [0, 0.1) is 11.6 Å². The third-order valence-corrected chi connectivity index (χ3v) is 4.40. The minimum atomic E-state index is -0.737. The Kier molecular flexibility index (Phi) is 4.16. The van der Waals surface area contributed by atoms with Crippen LogP contribution in [-0.2, 0) is 4.79 Å². The first-order chi connectivity index (χ1) is 12.5. The summed E-state index contributed by atoms with van der Waals surface area (Å²) < 4.78 is 32.1. The van der Waals surface area contributed by atoms with E-state index < -0.39 is 11.6 Å². The smallest absolute Gasteiger partial charge is 0.257 e. The number of benzene rings is 2. The van der Waals surface area contributed by atoms with Crippen LogP contribution in [0.25, 0.3) is 11.5 Å². The second-order valence-corrected chi connectivity index (χ2v) is 6.44. The molecular weight excluding hydrogens is 364 g/mol. The summed E-state index contributed by atoms with van der Waals surface area (Å²) >= 11 is 5.96. The number of amides is 1. The largest absolute Gasteiger partial charge is 0.334 e. The van der Waals surface area contributed by atoms with Crippen LogP contribution in [0.1, 0.15) is 18.2 Å². The van der Waals surface area contributed by atoms with E-state index in [9.17, 15) is 13.6 Å². The summed E-state index contributed by atoms with van der Waals surface area (Å²) in [6.45, 7) is 0.218. The van der Waals surface area contributed by atoms with E-state index in [0.29, 0.717) is 22.3 Å². The highest BCUT2D eigenvalue weighted by atomic mass is 35.5. The zero-order valence-electron chi connectivity index (χ0n) is 13.3. The van der Waals surface area contributed by atoms with Crippen molar-refractivity contribution in [1.29, 1.82) is 0 Å². The second kappa shape index (κ2) is 6.49. The summed E-state index contributed by atoms with van der Waals surface area (Å²) in [5.41, 5.74) is 0.846. The number of aromatic nitrogens is 2. The molecule has 1 aliphatic rings. The van der Waals surface area contributed by atoms with Gasteiger partial charge in [0.05, 0.1) is 0 Å². The molecule has 2 heterocycles. The van der Waals surface area contributed by atoms with Gasteiger partial charge in [-0.05, 0) is 30.3 Å². The molecule has 1 fully saturated rings. The molecule has 8 heteroatoms. The Hall–Kier alpha value is -2.80. The topological polar surface area (TPSA) is 59.2 Å². The highest BCUT2D eigenvalue weighted by molar-refractivity contribution is 6.30. The molecule has 132 valence electrons. The Bertz CT molecular complexity index is 972. The molecule has 1 aliphatic heterocycles. The van der Waals surface area contributed by atoms with Crippen molar-refractivity contribution < 1.29 is 18.1 Å². The lowest BCUT2D eigenvalue weighted by Gasteiger charge is -2.16. The lowest BCUT2D eigenvalue weighted by Crippen LogP contribution is -2.24. The Labute approximate surface area is 152 Å². The number of carbonyl (C=O) groups is 1. The summed E-state index contributed by atoms with van der Waals surface area (Å²) in [4.78, 5) is 17.9. The fourth-order valence-electron chi connectivity index (χ4n) is 2.96. The van der Waals surface area contributed by atoms with E-state index in [1.54, 1.807) is 24.3 Å². The zero-order valence-corrected chi connectivity index (χ0v) is 14.1. The molecule has 1 aromatic heterocycles. The van der Waals surface area contributed by atoms with E-state index >= 15 is 0 Å². The monoisotopic (exact) mass is 375 g/mol. The van der Waals surface area contributed by atoms with Gasteiger partial charge in [0.15, 0.2) is 5.82 Å². The first kappa shape index (κ1) is 16.7. The van der Waals surface area contributed by atoms with Gasteiger partial charge in [-0.3, -0.25) is 4.79 Å². The van der Waals surface area contributed by atoms with Crippen molar-refractivity contribution in [2.45, 2.75) is 12.3 Å². The molecule has 0 N–H and O–H groups in total. The minimum absolute atomic E-state index is 0.132. The predicted molar refractivity (Wildman–Crippen MR) is 90.8 cm³/mol. The molecule has 5 nitrogen and oxygen atoms in total. The molecule has 4 rings (SSSR count). The number of carbonyl (C=O) groups excluding carboxylic acids is 1. The zero-order chi connectivity index (χ0) is 18.3. The molecule has 1 saturated heterocycles. The van der Waals surface area contributed by atoms with Gasteiger partial charge in [0, 0.05) is 41.2 Å². The van der Waals surface area contributed by atoms with Gasteiger partial charge in [0.25, 0.3) is 5.89 Å². The van der Waals surface area contributed by atoms with Crippen LogP contribution < -0.4 is 4.90 Å². The van der Waals surface area contributed by atoms with Crippen LogP contribution >= 0.6 is 11.6 Å². The molecule has 2 aromatic carbocycles. The van der Waals surface area contributed by atoms with E-state index in [4.69, 9.17) is 16.1 Å². The van der Waals surface area contributed by atoms with Crippen molar-refractivity contribution in [1.82, 2.24) is 10.1 Å². The van der Waals surface area contributed by atoms with Crippen LogP contribution in [0.3, 0.4) is 0 Å². The van der Waals surface area contributed by atoms with E-state index in [-0.39, 0.29) is 30.5 Å². The Morgan fingerprint density at radius 3 is 2.65 bits per heavy atom. The molecule has 0 spiro atoms. The molecule has 0 radical (unpaired) electrons. The SMILES string of the molecule is O=C1CC(c2noc(-c3cccc(Cl)c3)n2)CN1c1cc(F)cc(F)c1. The molecule has 0 saturated carbocycles. The van der Waals surface area contributed by atoms with E-state index in [0.717, 1.165) is 18.2 Å². The maximum absolute atomic E-state index is 13.4. The summed E-state index contributed by atoms with van der Waals surface area (Å²) in [6, 6.07) is 9.98. The lowest BCUT2D eigenvalue weighted by atomic mass is 10.1. The van der Waals surface area contributed by atoms with Crippen molar-refractivity contribution in [3.05, 3.63) is 64.9 Å². The van der Waals surface area contributed by atoms with Gasteiger partial charge in [-0.25, -0.2) is 8.78 Å². The fraction of sp³-hybridized carbons (Fsp3) is 0.167. The Morgan fingerprint density at radius 1 is 1.15 bits per heavy atom. The van der Waals surface area contributed by atoms with Crippen molar-refractivity contribution in [2.75, 3.05) is 11.4 Å². The number of anilines is 1. The third kappa shape index (κ3) is 3.17. The average molecular weight is 376 g/mol. The van der Waals surface area contributed by atoms with Gasteiger partial charge in [-0.15, -0.1) is 0 Å². The van der Waals surface area contributed by atoms with Gasteiger partial charge in [-0.1, -0.05) is 22.8 Å². The third-order valence-electron chi connectivity index (χ3n) is 4.16. The maximum atomic E-state index is 13.4. The maximum Gasteiger partial charge on any atom is 0.257 e. The molecule has 0 bridgehead atoms. The number of halogens is 3. The molecular formula is C18H12ClF2N3O2. The standard InChI is InChI=1S/C18H12ClF2N3O2/c19-12-3-1-2-10(4-12)18-22-17(23-26-18)11-5-16(25)24(9-11)15-7-13(20)6-14(21)8-15/h1-4,6-8,11H,5,9H2. The summed E-state index contributed by atoms with van der Waals surface area (Å²) in [7, 11) is 0. The van der Waals surface area contributed by atoms with Crippen molar-refractivity contribution in [3.8, 4) is 11.5 Å². The summed E-state index contributed by atoms with van der Waals surface area (Å²) in [5, 5.41) is 4.49. The van der Waals surface area contributed by atoms with Crippen molar-refractivity contribution in [2.24, 2.45) is 0 Å². The summed E-state index contributed by atoms with van der Waals surface area (Å²) in [6.07, 6.45) is 0.132. The molecule has 1 unspecified atom stereocenters. The first-order valence-electron chi connectivity index (χ1n) is 7.85. The highest BCUT2D eigenvalue weighted by Crippen LogP contribution is 2.32. The van der Waals surface area contributed by atoms with Gasteiger partial charge in [0.2, 0.25) is 5.91 Å². The van der Waals surface area contributed by atoms with Gasteiger partial charge in [-0.2, -0.15) is 4.98 Å². The van der Waals surface area contributed by atoms with E-state index in [1.165, 1.54) is 4.90 Å². The molecule has 1 amide bonds. The molecule has 3 aromatic rings. The number of rotatable bonds is 3. The Morgan fingerprint density at radius 2 is 1.92 bits per heavy atom. The molecule has 26 heavy (non-hydrogen) atoms.